The number of aliphatic hydroxyl groups is 2. The van der Waals surface area contributed by atoms with Gasteiger partial charge in [0.05, 0.1) is 18.3 Å². The summed E-state index contributed by atoms with van der Waals surface area (Å²) in [5.41, 5.74) is 3.76. The molecule has 2 unspecified atom stereocenters. The molecule has 0 amide bonds. The zero-order chi connectivity index (χ0) is 31.4. The lowest BCUT2D eigenvalue weighted by molar-refractivity contribution is -0.0483. The number of hydrogen-bond acceptors (Lipinski definition) is 10. The number of ether oxygens (including phenoxy) is 1. The summed E-state index contributed by atoms with van der Waals surface area (Å²) in [4.78, 5) is 43.1. The standard InChI is InChI=1S/C27H30ClN5O9P2/c1-16-7-9-18(10-8-16)27(17-5-3-2-4-6-17)12-32(13-27)23-20-24(31-26(28)30-23)33(14-29-20)25-22(35)21(34)19(42-25)11-41-44(39,40)15-43(36,37)38/h2-10,14,19,21-22,25,34-35H,11-13,15H2,1H3,(H,39,40)(H2,36,37,38)/t19-,21?,22+,25-/m1/s1. The number of nitrogens with zero attached hydrogens (tertiary/aromatic N) is 5. The molecule has 17 heteroatoms. The molecule has 4 aromatic rings. The number of imidazole rings is 1. The van der Waals surface area contributed by atoms with E-state index in [1.54, 1.807) is 0 Å². The van der Waals surface area contributed by atoms with E-state index < -0.39 is 52.2 Å². The molecule has 2 aromatic carbocycles. The Morgan fingerprint density at radius 2 is 1.66 bits per heavy atom. The van der Waals surface area contributed by atoms with E-state index in [-0.39, 0.29) is 16.3 Å². The van der Waals surface area contributed by atoms with Crippen molar-refractivity contribution in [1.82, 2.24) is 19.5 Å². The van der Waals surface area contributed by atoms with Gasteiger partial charge in [0, 0.05) is 13.1 Å². The molecule has 0 saturated carbocycles. The minimum absolute atomic E-state index is 0.0756. The van der Waals surface area contributed by atoms with Crippen LogP contribution in [0.25, 0.3) is 11.2 Å². The molecular formula is C27H30ClN5O9P2. The quantitative estimate of drug-likeness (QED) is 0.129. The zero-order valence-corrected chi connectivity index (χ0v) is 25.8. The fourth-order valence-corrected chi connectivity index (χ4v) is 8.49. The van der Waals surface area contributed by atoms with Crippen LogP contribution in [0.3, 0.4) is 0 Å². The number of anilines is 1. The Kier molecular flexibility index (Phi) is 8.21. The van der Waals surface area contributed by atoms with E-state index in [9.17, 15) is 24.2 Å². The van der Waals surface area contributed by atoms with Crippen LogP contribution in [0.1, 0.15) is 22.9 Å². The van der Waals surface area contributed by atoms with Gasteiger partial charge in [0.15, 0.2) is 29.1 Å². The molecular weight excluding hydrogens is 636 g/mol. The van der Waals surface area contributed by atoms with Crippen LogP contribution < -0.4 is 4.90 Å². The highest BCUT2D eigenvalue weighted by molar-refractivity contribution is 7.70. The van der Waals surface area contributed by atoms with Crippen molar-refractivity contribution >= 4 is 43.8 Å². The van der Waals surface area contributed by atoms with Crippen molar-refractivity contribution in [2.45, 2.75) is 36.9 Å². The molecule has 0 radical (unpaired) electrons. The van der Waals surface area contributed by atoms with E-state index in [1.165, 1.54) is 10.9 Å². The smallest absolute Gasteiger partial charge is 0.340 e. The van der Waals surface area contributed by atoms with Gasteiger partial charge in [-0.3, -0.25) is 13.7 Å². The number of fused-ring (bicyclic) bond motifs is 1. The Morgan fingerprint density at radius 3 is 2.32 bits per heavy atom. The molecule has 5 N–H and O–H groups in total. The predicted molar refractivity (Wildman–Crippen MR) is 160 cm³/mol. The normalized spacial score (nSPS) is 24.8. The number of aliphatic hydroxyl groups excluding tert-OH is 2. The molecule has 6 rings (SSSR count). The van der Waals surface area contributed by atoms with Crippen LogP contribution in [-0.4, -0.2) is 88.3 Å². The number of hydrogen-bond donors (Lipinski definition) is 5. The van der Waals surface area contributed by atoms with E-state index in [1.807, 2.05) is 30.0 Å². The number of aromatic nitrogens is 4. The maximum atomic E-state index is 12.1. The monoisotopic (exact) mass is 665 g/mol. The molecule has 0 bridgehead atoms. The molecule has 2 fully saturated rings. The van der Waals surface area contributed by atoms with Crippen molar-refractivity contribution in [3.63, 3.8) is 0 Å². The lowest BCUT2D eigenvalue weighted by Crippen LogP contribution is -2.60. The summed E-state index contributed by atoms with van der Waals surface area (Å²) in [5.74, 6) is -0.922. The second-order valence-electron chi connectivity index (χ2n) is 11.1. The predicted octanol–water partition coefficient (Wildman–Crippen LogP) is 2.55. The lowest BCUT2D eigenvalue weighted by atomic mass is 9.68. The summed E-state index contributed by atoms with van der Waals surface area (Å²) in [7, 11) is -9.56. The highest BCUT2D eigenvalue weighted by Crippen LogP contribution is 2.55. The first-order valence-electron chi connectivity index (χ1n) is 13.6. The highest BCUT2D eigenvalue weighted by Gasteiger charge is 2.48. The summed E-state index contributed by atoms with van der Waals surface area (Å²) in [6.45, 7) is 2.47. The summed E-state index contributed by atoms with van der Waals surface area (Å²) in [6, 6.07) is 18.6. The Labute approximate surface area is 256 Å². The number of benzene rings is 2. The zero-order valence-electron chi connectivity index (χ0n) is 23.3. The molecule has 44 heavy (non-hydrogen) atoms. The average Bonchev–Trinajstić information content (AvgIpc) is 3.47. The molecule has 14 nitrogen and oxygen atoms in total. The van der Waals surface area contributed by atoms with E-state index >= 15 is 0 Å². The van der Waals surface area contributed by atoms with Gasteiger partial charge < -0.3 is 39.1 Å². The summed E-state index contributed by atoms with van der Waals surface area (Å²) < 4.78 is 35.1. The minimum atomic E-state index is -4.85. The molecule has 5 atom stereocenters. The van der Waals surface area contributed by atoms with Crippen molar-refractivity contribution < 1.29 is 43.3 Å². The fourth-order valence-electron chi connectivity index (χ4n) is 5.76. The topological polar surface area (TPSA) is 201 Å². The van der Waals surface area contributed by atoms with Crippen LogP contribution in [0.2, 0.25) is 5.28 Å². The Bertz CT molecular complexity index is 1760. The van der Waals surface area contributed by atoms with Crippen LogP contribution in [0, 0.1) is 6.92 Å². The van der Waals surface area contributed by atoms with Crippen molar-refractivity contribution in [3.8, 4) is 0 Å². The van der Waals surface area contributed by atoms with Gasteiger partial charge in [-0.05, 0) is 29.7 Å². The van der Waals surface area contributed by atoms with Crippen LogP contribution in [0.15, 0.2) is 60.9 Å². The molecule has 2 aliphatic rings. The fraction of sp³-hybridized carbons (Fsp3) is 0.370. The third-order valence-electron chi connectivity index (χ3n) is 7.94. The molecule has 2 aromatic heterocycles. The molecule has 0 spiro atoms. The Hall–Kier alpha value is -2.74. The minimum Gasteiger partial charge on any atom is -0.387 e. The van der Waals surface area contributed by atoms with Crippen LogP contribution >= 0.6 is 26.8 Å². The van der Waals surface area contributed by atoms with E-state index in [0.29, 0.717) is 24.4 Å². The number of rotatable bonds is 9. The van der Waals surface area contributed by atoms with Gasteiger partial charge in [-0.15, -0.1) is 0 Å². The van der Waals surface area contributed by atoms with E-state index in [4.69, 9.17) is 30.6 Å². The maximum absolute atomic E-state index is 12.1. The first-order valence-corrected chi connectivity index (χ1v) is 17.5. The molecule has 234 valence electrons. The van der Waals surface area contributed by atoms with Crippen LogP contribution in [0.5, 0.6) is 0 Å². The van der Waals surface area contributed by atoms with Gasteiger partial charge >= 0.3 is 15.2 Å². The average molecular weight is 666 g/mol. The summed E-state index contributed by atoms with van der Waals surface area (Å²) >= 11 is 6.37. The van der Waals surface area contributed by atoms with Crippen molar-refractivity contribution in [2.75, 3.05) is 30.5 Å². The van der Waals surface area contributed by atoms with E-state index in [0.717, 1.165) is 16.7 Å². The Morgan fingerprint density at radius 1 is 1.00 bits per heavy atom. The first kappa shape index (κ1) is 31.3. The van der Waals surface area contributed by atoms with Gasteiger partial charge in [0.1, 0.15) is 18.3 Å². The van der Waals surface area contributed by atoms with Gasteiger partial charge in [0.25, 0.3) is 0 Å². The van der Waals surface area contributed by atoms with Crippen LogP contribution in [-0.2, 0) is 23.8 Å². The van der Waals surface area contributed by atoms with Gasteiger partial charge in [0.2, 0.25) is 5.28 Å². The van der Waals surface area contributed by atoms with Crippen molar-refractivity contribution in [3.05, 3.63) is 82.9 Å². The number of halogens is 1. The third kappa shape index (κ3) is 5.95. The highest BCUT2D eigenvalue weighted by atomic mass is 35.5. The van der Waals surface area contributed by atoms with E-state index in [2.05, 4.69) is 51.4 Å². The summed E-state index contributed by atoms with van der Waals surface area (Å²) in [5, 5.41) is 21.3. The Balaban J connectivity index is 1.26. The largest absolute Gasteiger partial charge is 0.387 e. The molecule has 2 saturated heterocycles. The molecule has 2 aliphatic heterocycles. The molecule has 0 aliphatic carbocycles. The van der Waals surface area contributed by atoms with Gasteiger partial charge in [-0.25, -0.2) is 4.98 Å². The second kappa shape index (κ2) is 11.6. The van der Waals surface area contributed by atoms with Gasteiger partial charge in [-0.2, -0.15) is 9.97 Å². The SMILES string of the molecule is Cc1ccc(C2(c3ccccc3)CN(c3nc(Cl)nc4c3ncn4[C@@H]3O[C@H](COP(=O)(O)CP(=O)(O)O)C(O)[C@@H]3O)C2)cc1. The van der Waals surface area contributed by atoms with Gasteiger partial charge in [-0.1, -0.05) is 60.2 Å². The maximum Gasteiger partial charge on any atom is 0.340 e. The number of aryl methyl sites for hydroxylation is 1. The summed E-state index contributed by atoms with van der Waals surface area (Å²) in [6.07, 6.45) is -4.29. The van der Waals surface area contributed by atoms with Crippen molar-refractivity contribution in [2.24, 2.45) is 0 Å². The molecule has 4 heterocycles. The third-order valence-corrected chi connectivity index (χ3v) is 11.6. The van der Waals surface area contributed by atoms with Crippen molar-refractivity contribution in [1.29, 1.82) is 0 Å². The first-order chi connectivity index (χ1) is 20.8. The second-order valence-corrected chi connectivity index (χ2v) is 15.4. The van der Waals surface area contributed by atoms with Crippen LogP contribution in [0.4, 0.5) is 5.82 Å². The lowest BCUT2D eigenvalue weighted by Gasteiger charge is -2.51.